The molecule has 29 heavy (non-hydrogen) atoms. The third kappa shape index (κ3) is 12.2. The van der Waals surface area contributed by atoms with Gasteiger partial charge >= 0.3 is 0 Å². The number of unbranched alkanes of at least 4 members (excludes halogenated alkanes) is 12. The Labute approximate surface area is 176 Å². The van der Waals surface area contributed by atoms with Gasteiger partial charge in [-0.05, 0) is 30.7 Å². The summed E-state index contributed by atoms with van der Waals surface area (Å²) in [6.07, 6.45) is 17.6. The first-order valence-electron chi connectivity index (χ1n) is 11.4. The zero-order chi connectivity index (χ0) is 21.2. The van der Waals surface area contributed by atoms with Crippen molar-refractivity contribution < 1.29 is 4.79 Å². The summed E-state index contributed by atoms with van der Waals surface area (Å²) in [5.74, 6) is 11.1. The molecule has 0 radical (unpaired) electrons. The first-order valence-corrected chi connectivity index (χ1v) is 11.4. The number of nitrogens with one attached hydrogen (secondary N) is 2. The topological polar surface area (TPSA) is 106 Å². The van der Waals surface area contributed by atoms with E-state index >= 15 is 0 Å². The lowest BCUT2D eigenvalue weighted by molar-refractivity contribution is -0.116. The second-order valence-electron chi connectivity index (χ2n) is 7.74. The average molecular weight is 404 g/mol. The van der Waals surface area contributed by atoms with Crippen LogP contribution in [0.15, 0.2) is 29.4 Å². The quantitative estimate of drug-likeness (QED) is 0.100. The van der Waals surface area contributed by atoms with Gasteiger partial charge in [-0.15, -0.1) is 0 Å². The Kier molecular flexibility index (Phi) is 14.5. The summed E-state index contributed by atoms with van der Waals surface area (Å²) in [4.78, 5) is 12.1. The summed E-state index contributed by atoms with van der Waals surface area (Å²) in [6.45, 7) is 2.27. The van der Waals surface area contributed by atoms with Gasteiger partial charge in [-0.3, -0.25) is 4.79 Å². The predicted octanol–water partition coefficient (Wildman–Crippen LogP) is 5.19. The van der Waals surface area contributed by atoms with E-state index < -0.39 is 0 Å². The van der Waals surface area contributed by atoms with Gasteiger partial charge in [-0.2, -0.15) is 5.10 Å². The van der Waals surface area contributed by atoms with Crippen LogP contribution in [0.1, 0.15) is 102 Å². The first kappa shape index (κ1) is 25.0. The van der Waals surface area contributed by atoms with E-state index in [1.807, 2.05) is 24.3 Å². The lowest BCUT2D eigenvalue weighted by Gasteiger charge is -2.08. The minimum absolute atomic E-state index is 0.0606. The summed E-state index contributed by atoms with van der Waals surface area (Å²) in [5, 5.41) is 6.49. The van der Waals surface area contributed by atoms with Crippen molar-refractivity contribution in [3.63, 3.8) is 0 Å². The van der Waals surface area contributed by atoms with Crippen LogP contribution >= 0.6 is 0 Å². The van der Waals surface area contributed by atoms with Gasteiger partial charge in [-0.1, -0.05) is 84.0 Å². The molecule has 6 nitrogen and oxygen atoms in total. The lowest BCUT2D eigenvalue weighted by atomic mass is 10.0. The molecule has 6 N–H and O–H groups in total. The third-order valence-electron chi connectivity index (χ3n) is 5.22. The SMILES string of the molecule is CCCCCCCCCCCCCCCC(=O)Nc1ccc(/C(=N/N)NN)cc1. The fourth-order valence-electron chi connectivity index (χ4n) is 3.43. The van der Waals surface area contributed by atoms with Crippen molar-refractivity contribution in [1.29, 1.82) is 0 Å². The molecule has 1 aromatic carbocycles. The van der Waals surface area contributed by atoms with Gasteiger partial charge in [0.1, 0.15) is 0 Å². The maximum absolute atomic E-state index is 12.1. The van der Waals surface area contributed by atoms with Crippen molar-refractivity contribution in [3.8, 4) is 0 Å². The molecule has 1 rings (SSSR count). The van der Waals surface area contributed by atoms with Crippen LogP contribution in [0.25, 0.3) is 0 Å². The highest BCUT2D eigenvalue weighted by molar-refractivity contribution is 5.99. The van der Waals surface area contributed by atoms with Crippen LogP contribution in [0.3, 0.4) is 0 Å². The number of hydrazine groups is 1. The number of hydrazone groups is 1. The van der Waals surface area contributed by atoms with E-state index in [9.17, 15) is 4.79 Å². The van der Waals surface area contributed by atoms with Crippen LogP contribution in [0.2, 0.25) is 0 Å². The van der Waals surface area contributed by atoms with Crippen LogP contribution < -0.4 is 22.4 Å². The van der Waals surface area contributed by atoms with Crippen LogP contribution in [-0.2, 0) is 4.79 Å². The number of hydrogen-bond donors (Lipinski definition) is 4. The van der Waals surface area contributed by atoms with E-state index in [0.717, 1.165) is 24.1 Å². The third-order valence-corrected chi connectivity index (χ3v) is 5.22. The second kappa shape index (κ2) is 16.8. The summed E-state index contributed by atoms with van der Waals surface area (Å²) >= 11 is 0. The standard InChI is InChI=1S/C23H41N5O/c1-2-3-4-5-6-7-8-9-10-11-12-13-14-15-22(29)26-21-18-16-20(17-19-21)23(27-24)28-25/h16-19H,2-15,24-25H2,1H3,(H,26,29)(H,27,28). The summed E-state index contributed by atoms with van der Waals surface area (Å²) in [6, 6.07) is 7.26. The highest BCUT2D eigenvalue weighted by Gasteiger charge is 2.04. The fraction of sp³-hybridized carbons (Fsp3) is 0.652. The van der Waals surface area contributed by atoms with Crippen molar-refractivity contribution in [3.05, 3.63) is 29.8 Å². The molecular weight excluding hydrogens is 362 g/mol. The molecule has 0 heterocycles. The van der Waals surface area contributed by atoms with Crippen molar-refractivity contribution >= 4 is 17.4 Å². The van der Waals surface area contributed by atoms with E-state index in [1.165, 1.54) is 70.6 Å². The van der Waals surface area contributed by atoms with Gasteiger partial charge in [0.15, 0.2) is 5.84 Å². The monoisotopic (exact) mass is 403 g/mol. The maximum Gasteiger partial charge on any atom is 0.224 e. The molecule has 0 atom stereocenters. The Hall–Kier alpha value is -2.08. The predicted molar refractivity (Wildman–Crippen MR) is 123 cm³/mol. The summed E-state index contributed by atoms with van der Waals surface area (Å²) in [5.41, 5.74) is 3.97. The van der Waals surface area contributed by atoms with Crippen molar-refractivity contribution in [2.75, 3.05) is 5.32 Å². The van der Waals surface area contributed by atoms with Crippen LogP contribution in [-0.4, -0.2) is 11.7 Å². The van der Waals surface area contributed by atoms with Crippen molar-refractivity contribution in [2.24, 2.45) is 16.8 Å². The molecule has 0 bridgehead atoms. The Morgan fingerprint density at radius 2 is 1.31 bits per heavy atom. The van der Waals surface area contributed by atoms with E-state index in [1.54, 1.807) is 0 Å². The Morgan fingerprint density at radius 1 is 0.828 bits per heavy atom. The number of benzene rings is 1. The molecule has 0 saturated heterocycles. The summed E-state index contributed by atoms with van der Waals surface area (Å²) < 4.78 is 0. The largest absolute Gasteiger partial charge is 0.326 e. The molecule has 1 amide bonds. The van der Waals surface area contributed by atoms with Gasteiger partial charge in [-0.25, -0.2) is 5.84 Å². The molecule has 0 saturated carbocycles. The first-order chi connectivity index (χ1) is 14.2. The van der Waals surface area contributed by atoms with Gasteiger partial charge in [0, 0.05) is 17.7 Å². The number of anilines is 1. The van der Waals surface area contributed by atoms with Crippen LogP contribution in [0.5, 0.6) is 0 Å². The molecule has 1 aromatic rings. The normalized spacial score (nSPS) is 11.4. The Balaban J connectivity index is 2.00. The molecule has 6 heteroatoms. The zero-order valence-electron chi connectivity index (χ0n) is 18.2. The highest BCUT2D eigenvalue weighted by atomic mass is 16.1. The number of amidine groups is 1. The molecular formula is C23H41N5O. The van der Waals surface area contributed by atoms with E-state index in [-0.39, 0.29) is 5.91 Å². The molecule has 0 fully saturated rings. The smallest absolute Gasteiger partial charge is 0.224 e. The summed E-state index contributed by atoms with van der Waals surface area (Å²) in [7, 11) is 0. The minimum atomic E-state index is 0.0606. The lowest BCUT2D eigenvalue weighted by Crippen LogP contribution is -2.32. The molecule has 0 aromatic heterocycles. The highest BCUT2D eigenvalue weighted by Crippen LogP contribution is 2.14. The van der Waals surface area contributed by atoms with E-state index in [4.69, 9.17) is 11.7 Å². The molecule has 164 valence electrons. The molecule has 0 aliphatic heterocycles. The molecule has 0 spiro atoms. The Morgan fingerprint density at radius 3 is 1.76 bits per heavy atom. The fourth-order valence-corrected chi connectivity index (χ4v) is 3.43. The zero-order valence-corrected chi connectivity index (χ0v) is 18.2. The van der Waals surface area contributed by atoms with Gasteiger partial charge in [0.25, 0.3) is 0 Å². The maximum atomic E-state index is 12.1. The van der Waals surface area contributed by atoms with Crippen LogP contribution in [0, 0.1) is 0 Å². The number of nitrogens with two attached hydrogens (primary N) is 2. The molecule has 0 aliphatic carbocycles. The van der Waals surface area contributed by atoms with Gasteiger partial charge in [0.2, 0.25) is 5.91 Å². The number of rotatable bonds is 16. The number of amides is 1. The van der Waals surface area contributed by atoms with Crippen molar-refractivity contribution in [1.82, 2.24) is 5.43 Å². The van der Waals surface area contributed by atoms with Gasteiger partial charge in [0.05, 0.1) is 0 Å². The van der Waals surface area contributed by atoms with E-state index in [0.29, 0.717) is 12.3 Å². The number of hydrogen-bond acceptors (Lipinski definition) is 4. The van der Waals surface area contributed by atoms with Crippen LogP contribution in [0.4, 0.5) is 5.69 Å². The van der Waals surface area contributed by atoms with E-state index in [2.05, 4.69) is 22.8 Å². The number of nitrogens with zero attached hydrogens (tertiary/aromatic N) is 1. The number of carbonyl (C=O) groups excluding carboxylic acids is 1. The molecule has 0 unspecified atom stereocenters. The van der Waals surface area contributed by atoms with Crippen molar-refractivity contribution in [2.45, 2.75) is 96.8 Å². The average Bonchev–Trinajstić information content (AvgIpc) is 2.73. The minimum Gasteiger partial charge on any atom is -0.326 e. The molecule has 0 aliphatic rings. The number of carbonyl (C=O) groups is 1. The van der Waals surface area contributed by atoms with Gasteiger partial charge < -0.3 is 16.6 Å². The second-order valence-corrected chi connectivity index (χ2v) is 7.74. The Bertz CT molecular complexity index is 571.